The minimum Gasteiger partial charge on any atom is -0.367 e. The second kappa shape index (κ2) is 7.72. The van der Waals surface area contributed by atoms with E-state index in [1.165, 1.54) is 4.68 Å². The Hall–Kier alpha value is -2.34. The van der Waals surface area contributed by atoms with Crippen LogP contribution in [0.3, 0.4) is 0 Å². The van der Waals surface area contributed by atoms with Gasteiger partial charge in [-0.3, -0.25) is 9.59 Å². The number of amides is 1. The van der Waals surface area contributed by atoms with Gasteiger partial charge in [-0.1, -0.05) is 41.9 Å². The van der Waals surface area contributed by atoms with Gasteiger partial charge in [0.25, 0.3) is 5.56 Å². The lowest BCUT2D eigenvalue weighted by molar-refractivity contribution is -0.132. The lowest BCUT2D eigenvalue weighted by atomic mass is 10.2. The van der Waals surface area contributed by atoms with Gasteiger partial charge in [0, 0.05) is 32.1 Å². The topological polar surface area (TPSA) is 58.4 Å². The fraction of sp³-hybridized carbons (Fsp3) is 0.450. The molecule has 1 aliphatic carbocycles. The SMILES string of the molecule is O=C(C1CC1)N1CCCN(c2cnn(Cc3ccccc3)c(=O)c2Cl)CC1. The standard InChI is InChI=1S/C20H23ClN4O2/c21-18-17(13-22-25(20(18)27)14-15-5-2-1-3-6-15)23-9-4-10-24(12-11-23)19(26)16-7-8-16/h1-3,5-6,13,16H,4,7-12,14H2. The predicted octanol–water partition coefficient (Wildman–Crippen LogP) is 2.39. The van der Waals surface area contributed by atoms with Gasteiger partial charge in [0.05, 0.1) is 18.4 Å². The van der Waals surface area contributed by atoms with Gasteiger partial charge in [0.1, 0.15) is 5.02 Å². The average Bonchev–Trinajstić information content (AvgIpc) is 3.53. The van der Waals surface area contributed by atoms with Crippen LogP contribution in [-0.4, -0.2) is 46.8 Å². The lowest BCUT2D eigenvalue weighted by Gasteiger charge is -2.24. The van der Waals surface area contributed by atoms with Crippen LogP contribution in [0.2, 0.25) is 5.02 Å². The Bertz CT molecular complexity index is 879. The first-order valence-electron chi connectivity index (χ1n) is 9.47. The van der Waals surface area contributed by atoms with Crippen molar-refractivity contribution in [3.8, 4) is 0 Å². The molecular formula is C20H23ClN4O2. The van der Waals surface area contributed by atoms with Crippen LogP contribution in [0, 0.1) is 5.92 Å². The second-order valence-corrected chi connectivity index (χ2v) is 7.61. The van der Waals surface area contributed by atoms with Crippen LogP contribution in [0.5, 0.6) is 0 Å². The fourth-order valence-electron chi connectivity index (χ4n) is 3.51. The Labute approximate surface area is 163 Å². The molecule has 4 rings (SSSR count). The predicted molar refractivity (Wildman–Crippen MR) is 105 cm³/mol. The van der Waals surface area contributed by atoms with E-state index < -0.39 is 0 Å². The van der Waals surface area contributed by atoms with Gasteiger partial charge < -0.3 is 9.80 Å². The van der Waals surface area contributed by atoms with E-state index in [9.17, 15) is 9.59 Å². The quantitative estimate of drug-likeness (QED) is 0.809. The molecule has 0 atom stereocenters. The molecule has 2 heterocycles. The van der Waals surface area contributed by atoms with Crippen molar-refractivity contribution < 1.29 is 4.79 Å². The maximum Gasteiger partial charge on any atom is 0.287 e. The van der Waals surface area contributed by atoms with E-state index >= 15 is 0 Å². The van der Waals surface area contributed by atoms with Gasteiger partial charge in [-0.15, -0.1) is 0 Å². The minimum atomic E-state index is -0.284. The van der Waals surface area contributed by atoms with Crippen molar-refractivity contribution in [2.24, 2.45) is 5.92 Å². The first-order valence-corrected chi connectivity index (χ1v) is 9.84. The van der Waals surface area contributed by atoms with Crippen molar-refractivity contribution in [1.29, 1.82) is 0 Å². The van der Waals surface area contributed by atoms with Crippen molar-refractivity contribution >= 4 is 23.2 Å². The van der Waals surface area contributed by atoms with Crippen LogP contribution >= 0.6 is 11.6 Å². The molecule has 27 heavy (non-hydrogen) atoms. The number of aromatic nitrogens is 2. The molecule has 0 radical (unpaired) electrons. The molecule has 1 aromatic heterocycles. The van der Waals surface area contributed by atoms with E-state index in [1.54, 1.807) is 6.20 Å². The largest absolute Gasteiger partial charge is 0.367 e. The molecule has 1 aromatic carbocycles. The van der Waals surface area contributed by atoms with E-state index in [0.29, 0.717) is 25.3 Å². The summed E-state index contributed by atoms with van der Waals surface area (Å²) in [7, 11) is 0. The number of anilines is 1. The highest BCUT2D eigenvalue weighted by atomic mass is 35.5. The van der Waals surface area contributed by atoms with Gasteiger partial charge in [-0.25, -0.2) is 4.68 Å². The van der Waals surface area contributed by atoms with Gasteiger partial charge in [0.15, 0.2) is 0 Å². The van der Waals surface area contributed by atoms with E-state index in [4.69, 9.17) is 11.6 Å². The molecule has 2 aromatic rings. The molecule has 0 bridgehead atoms. The summed E-state index contributed by atoms with van der Waals surface area (Å²) in [6.07, 6.45) is 4.58. The van der Waals surface area contributed by atoms with Crippen LogP contribution in [0.25, 0.3) is 0 Å². The number of halogens is 1. The van der Waals surface area contributed by atoms with Crippen molar-refractivity contribution in [2.45, 2.75) is 25.8 Å². The molecule has 6 nitrogen and oxygen atoms in total. The summed E-state index contributed by atoms with van der Waals surface area (Å²) in [5.41, 5.74) is 1.37. The highest BCUT2D eigenvalue weighted by molar-refractivity contribution is 6.33. The zero-order valence-electron chi connectivity index (χ0n) is 15.2. The molecule has 0 N–H and O–H groups in total. The number of carbonyl (C=O) groups is 1. The Balaban J connectivity index is 1.49. The second-order valence-electron chi connectivity index (χ2n) is 7.23. The number of carbonyl (C=O) groups excluding carboxylic acids is 1. The lowest BCUT2D eigenvalue weighted by Crippen LogP contribution is -2.36. The maximum absolute atomic E-state index is 12.7. The third-order valence-corrected chi connectivity index (χ3v) is 5.57. The molecule has 7 heteroatoms. The molecule has 1 saturated carbocycles. The molecule has 1 aliphatic heterocycles. The Morgan fingerprint density at radius 1 is 1.11 bits per heavy atom. The maximum atomic E-state index is 12.7. The van der Waals surface area contributed by atoms with Crippen molar-refractivity contribution in [3.05, 3.63) is 57.5 Å². The monoisotopic (exact) mass is 386 g/mol. The summed E-state index contributed by atoms with van der Waals surface area (Å²) in [6, 6.07) is 9.71. The number of hydrogen-bond acceptors (Lipinski definition) is 4. The van der Waals surface area contributed by atoms with Crippen LogP contribution in [0.15, 0.2) is 41.3 Å². The van der Waals surface area contributed by atoms with Crippen LogP contribution in [0.4, 0.5) is 5.69 Å². The molecule has 2 fully saturated rings. The van der Waals surface area contributed by atoms with Gasteiger partial charge >= 0.3 is 0 Å². The van der Waals surface area contributed by atoms with Crippen LogP contribution in [0.1, 0.15) is 24.8 Å². The zero-order valence-corrected chi connectivity index (χ0v) is 15.9. The Morgan fingerprint density at radius 3 is 2.63 bits per heavy atom. The summed E-state index contributed by atoms with van der Waals surface area (Å²) in [5.74, 6) is 0.517. The van der Waals surface area contributed by atoms with Crippen molar-refractivity contribution in [3.63, 3.8) is 0 Å². The summed E-state index contributed by atoms with van der Waals surface area (Å²) in [5, 5.41) is 4.53. The molecule has 0 spiro atoms. The molecule has 1 saturated heterocycles. The molecule has 0 unspecified atom stereocenters. The highest BCUT2D eigenvalue weighted by Gasteiger charge is 2.34. The van der Waals surface area contributed by atoms with Crippen LogP contribution in [-0.2, 0) is 11.3 Å². The van der Waals surface area contributed by atoms with E-state index in [2.05, 4.69) is 10.00 Å². The average molecular weight is 387 g/mol. The van der Waals surface area contributed by atoms with E-state index in [1.807, 2.05) is 35.2 Å². The zero-order chi connectivity index (χ0) is 18.8. The molecule has 2 aliphatic rings. The third-order valence-electron chi connectivity index (χ3n) is 5.22. The van der Waals surface area contributed by atoms with E-state index in [0.717, 1.165) is 37.9 Å². The minimum absolute atomic E-state index is 0.197. The smallest absolute Gasteiger partial charge is 0.287 e. The van der Waals surface area contributed by atoms with E-state index in [-0.39, 0.29) is 22.4 Å². The molecular weight excluding hydrogens is 364 g/mol. The number of nitrogens with zero attached hydrogens (tertiary/aromatic N) is 4. The number of rotatable bonds is 4. The normalized spacial score (nSPS) is 17.7. The van der Waals surface area contributed by atoms with Crippen molar-refractivity contribution in [1.82, 2.24) is 14.7 Å². The van der Waals surface area contributed by atoms with Crippen LogP contribution < -0.4 is 10.5 Å². The number of hydrogen-bond donors (Lipinski definition) is 0. The first-order chi connectivity index (χ1) is 13.1. The molecule has 1 amide bonds. The Kier molecular flexibility index (Phi) is 5.16. The van der Waals surface area contributed by atoms with Gasteiger partial charge in [-0.2, -0.15) is 5.10 Å². The summed E-state index contributed by atoms with van der Waals surface area (Å²) < 4.78 is 1.39. The summed E-state index contributed by atoms with van der Waals surface area (Å²) in [4.78, 5) is 29.0. The first kappa shape index (κ1) is 18.0. The highest BCUT2D eigenvalue weighted by Crippen LogP contribution is 2.31. The molecule has 142 valence electrons. The Morgan fingerprint density at radius 2 is 1.89 bits per heavy atom. The van der Waals surface area contributed by atoms with Gasteiger partial charge in [0.2, 0.25) is 5.91 Å². The number of benzene rings is 1. The fourth-order valence-corrected chi connectivity index (χ4v) is 3.78. The third kappa shape index (κ3) is 4.00. The van der Waals surface area contributed by atoms with Crippen molar-refractivity contribution in [2.75, 3.05) is 31.1 Å². The summed E-state index contributed by atoms with van der Waals surface area (Å²) >= 11 is 6.42. The van der Waals surface area contributed by atoms with Gasteiger partial charge in [-0.05, 0) is 24.8 Å². The summed E-state index contributed by atoms with van der Waals surface area (Å²) in [6.45, 7) is 3.25.